The van der Waals surface area contributed by atoms with E-state index in [4.69, 9.17) is 9.72 Å². The number of nitrogens with one attached hydrogen (secondary N) is 2. The van der Waals surface area contributed by atoms with Gasteiger partial charge in [0.15, 0.2) is 9.84 Å². The van der Waals surface area contributed by atoms with Gasteiger partial charge in [-0.05, 0) is 64.0 Å². The lowest BCUT2D eigenvalue weighted by atomic mass is 10.1. The van der Waals surface area contributed by atoms with Gasteiger partial charge >= 0.3 is 0 Å². The van der Waals surface area contributed by atoms with Crippen molar-refractivity contribution in [3.05, 3.63) is 93.2 Å². The summed E-state index contributed by atoms with van der Waals surface area (Å²) in [4.78, 5) is 13.7. The van der Waals surface area contributed by atoms with E-state index in [0.717, 1.165) is 49.3 Å². The zero-order valence-electron chi connectivity index (χ0n) is 22.8. The number of thiazole rings is 1. The minimum Gasteiger partial charge on any atom is -0.488 e. The maximum atomic E-state index is 13.5. The number of fused-ring (bicyclic) bond motifs is 1. The summed E-state index contributed by atoms with van der Waals surface area (Å²) < 4.78 is 43.4. The Morgan fingerprint density at radius 3 is 2.74 bits per heavy atom. The maximum Gasteiger partial charge on any atom is 0.151 e. The molecule has 2 N–H and O–H groups in total. The summed E-state index contributed by atoms with van der Waals surface area (Å²) in [6.45, 7) is 3.02. The minimum absolute atomic E-state index is 0.146. The Bertz CT molecular complexity index is 1800. The van der Waals surface area contributed by atoms with Gasteiger partial charge in [0.05, 0.1) is 26.4 Å². The van der Waals surface area contributed by atoms with E-state index in [1.165, 1.54) is 18.5 Å². The first kappa shape index (κ1) is 30.0. The molecule has 0 saturated carbocycles. The first-order valence-electron chi connectivity index (χ1n) is 13.3. The smallest absolute Gasteiger partial charge is 0.151 e. The molecule has 0 spiro atoms. The van der Waals surface area contributed by atoms with Crippen LogP contribution in [0.15, 0.2) is 76.8 Å². The SMILES string of the molecule is CCS(=O)(=O)CCNCCc1nc(-c2ccc3ncnc(Nc4ccc(OCc5cccc(F)c5)c(Br)c4)c3c2)cs1. The van der Waals surface area contributed by atoms with Crippen LogP contribution < -0.4 is 15.4 Å². The lowest BCUT2D eigenvalue weighted by molar-refractivity contribution is 0.303. The number of ether oxygens (including phenoxy) is 1. The van der Waals surface area contributed by atoms with Crippen molar-refractivity contribution < 1.29 is 17.5 Å². The Kier molecular flexibility index (Phi) is 9.78. The van der Waals surface area contributed by atoms with Crippen molar-refractivity contribution in [2.45, 2.75) is 20.0 Å². The molecular weight excluding hydrogens is 641 g/mol. The summed E-state index contributed by atoms with van der Waals surface area (Å²) in [6, 6.07) is 17.9. The second-order valence-electron chi connectivity index (χ2n) is 9.51. The van der Waals surface area contributed by atoms with E-state index in [-0.39, 0.29) is 23.9 Å². The van der Waals surface area contributed by atoms with Crippen LogP contribution in [0, 0.1) is 5.82 Å². The van der Waals surface area contributed by atoms with E-state index in [0.29, 0.717) is 24.7 Å². The molecular formula is C30H29BrFN5O3S2. The fourth-order valence-corrected chi connectivity index (χ4v) is 6.23. The van der Waals surface area contributed by atoms with Gasteiger partial charge in [-0.1, -0.05) is 25.1 Å². The number of halogens is 2. The van der Waals surface area contributed by atoms with Gasteiger partial charge in [-0.2, -0.15) is 0 Å². The van der Waals surface area contributed by atoms with Crippen molar-refractivity contribution in [1.29, 1.82) is 0 Å². The van der Waals surface area contributed by atoms with E-state index in [1.807, 2.05) is 47.8 Å². The van der Waals surface area contributed by atoms with Gasteiger partial charge < -0.3 is 15.4 Å². The van der Waals surface area contributed by atoms with Gasteiger partial charge in [0, 0.05) is 47.3 Å². The fourth-order valence-electron chi connectivity index (χ4n) is 4.19. The van der Waals surface area contributed by atoms with Crippen molar-refractivity contribution in [1.82, 2.24) is 20.3 Å². The Balaban J connectivity index is 1.25. The molecule has 0 amide bonds. The number of benzene rings is 3. The van der Waals surface area contributed by atoms with E-state index in [2.05, 4.69) is 36.5 Å². The quantitative estimate of drug-likeness (QED) is 0.136. The third-order valence-corrected chi connectivity index (χ3v) is 9.74. The molecule has 0 aliphatic rings. The monoisotopic (exact) mass is 669 g/mol. The molecule has 0 radical (unpaired) electrons. The van der Waals surface area contributed by atoms with Gasteiger partial charge in [0.1, 0.15) is 30.3 Å². The number of rotatable bonds is 13. The van der Waals surface area contributed by atoms with Gasteiger partial charge in [-0.25, -0.2) is 27.8 Å². The Labute approximate surface area is 256 Å². The van der Waals surface area contributed by atoms with Crippen LogP contribution in [0.25, 0.3) is 22.2 Å². The molecule has 8 nitrogen and oxygen atoms in total. The summed E-state index contributed by atoms with van der Waals surface area (Å²) in [5, 5.41) is 10.4. The van der Waals surface area contributed by atoms with Crippen LogP contribution in [0.4, 0.5) is 15.9 Å². The molecule has 5 aromatic rings. The average Bonchev–Trinajstić information content (AvgIpc) is 3.45. The summed E-state index contributed by atoms with van der Waals surface area (Å²) >= 11 is 5.15. The highest BCUT2D eigenvalue weighted by molar-refractivity contribution is 9.10. The second kappa shape index (κ2) is 13.7. The number of sulfone groups is 1. The van der Waals surface area contributed by atoms with Gasteiger partial charge in [-0.15, -0.1) is 11.3 Å². The number of anilines is 2. The fraction of sp³-hybridized carbons (Fsp3) is 0.233. The maximum absolute atomic E-state index is 13.5. The molecule has 2 heterocycles. The zero-order chi connectivity index (χ0) is 29.5. The van der Waals surface area contributed by atoms with Crippen LogP contribution in [-0.2, 0) is 22.9 Å². The minimum atomic E-state index is -2.96. The van der Waals surface area contributed by atoms with Crippen LogP contribution in [0.3, 0.4) is 0 Å². The third-order valence-electron chi connectivity index (χ3n) is 6.51. The number of nitrogens with zero attached hydrogens (tertiary/aromatic N) is 3. The van der Waals surface area contributed by atoms with Crippen LogP contribution in [0.1, 0.15) is 17.5 Å². The average molecular weight is 671 g/mol. The Morgan fingerprint density at radius 2 is 1.93 bits per heavy atom. The molecule has 0 saturated heterocycles. The topological polar surface area (TPSA) is 106 Å². The lowest BCUT2D eigenvalue weighted by Crippen LogP contribution is -2.25. The number of hydrogen-bond donors (Lipinski definition) is 2. The molecule has 3 aromatic carbocycles. The highest BCUT2D eigenvalue weighted by Crippen LogP contribution is 2.33. The largest absolute Gasteiger partial charge is 0.488 e. The zero-order valence-corrected chi connectivity index (χ0v) is 26.0. The summed E-state index contributed by atoms with van der Waals surface area (Å²) in [5.41, 5.74) is 4.17. The summed E-state index contributed by atoms with van der Waals surface area (Å²) in [5.74, 6) is 1.31. The van der Waals surface area contributed by atoms with Crippen molar-refractivity contribution in [3.63, 3.8) is 0 Å². The van der Waals surface area contributed by atoms with E-state index in [1.54, 1.807) is 24.3 Å². The van der Waals surface area contributed by atoms with Crippen molar-refractivity contribution in [2.24, 2.45) is 0 Å². The highest BCUT2D eigenvalue weighted by Gasteiger charge is 2.11. The molecule has 5 rings (SSSR count). The summed E-state index contributed by atoms with van der Waals surface area (Å²) in [6.07, 6.45) is 2.24. The predicted molar refractivity (Wildman–Crippen MR) is 170 cm³/mol. The first-order chi connectivity index (χ1) is 20.3. The Hall–Kier alpha value is -3.45. The van der Waals surface area contributed by atoms with Crippen LogP contribution in [-0.4, -0.2) is 48.0 Å². The van der Waals surface area contributed by atoms with Crippen LogP contribution in [0.5, 0.6) is 5.75 Å². The molecule has 0 aliphatic carbocycles. The standard InChI is InChI=1S/C30H29BrFN5O3S2/c1-2-42(38,39)13-12-33-11-10-29-37-27(18-41-29)21-6-8-26-24(15-21)30(35-19-34-26)36-23-7-9-28(25(31)16-23)40-17-20-4-3-5-22(32)14-20/h3-9,14-16,18-19,33H,2,10-13,17H2,1H3,(H,34,35,36). The highest BCUT2D eigenvalue weighted by atomic mass is 79.9. The van der Waals surface area contributed by atoms with Gasteiger partial charge in [0.25, 0.3) is 0 Å². The number of aromatic nitrogens is 3. The van der Waals surface area contributed by atoms with Gasteiger partial charge in [-0.3, -0.25) is 0 Å². The van der Waals surface area contributed by atoms with Crippen molar-refractivity contribution in [3.8, 4) is 17.0 Å². The molecule has 0 unspecified atom stereocenters. The summed E-state index contributed by atoms with van der Waals surface area (Å²) in [7, 11) is -2.96. The predicted octanol–water partition coefficient (Wildman–Crippen LogP) is 6.54. The van der Waals surface area contributed by atoms with Gasteiger partial charge in [0.2, 0.25) is 0 Å². The van der Waals surface area contributed by atoms with E-state index in [9.17, 15) is 12.8 Å². The third kappa shape index (κ3) is 7.88. The Morgan fingerprint density at radius 1 is 1.05 bits per heavy atom. The van der Waals surface area contributed by atoms with E-state index < -0.39 is 9.84 Å². The lowest BCUT2D eigenvalue weighted by Gasteiger charge is -2.12. The van der Waals surface area contributed by atoms with Crippen LogP contribution >= 0.6 is 27.3 Å². The van der Waals surface area contributed by atoms with Crippen LogP contribution in [0.2, 0.25) is 0 Å². The van der Waals surface area contributed by atoms with Crippen molar-refractivity contribution in [2.75, 3.05) is 29.9 Å². The normalized spacial score (nSPS) is 11.6. The molecule has 0 atom stereocenters. The molecule has 42 heavy (non-hydrogen) atoms. The number of hydrogen-bond acceptors (Lipinski definition) is 9. The van der Waals surface area contributed by atoms with Crippen molar-refractivity contribution >= 4 is 59.5 Å². The molecule has 2 aromatic heterocycles. The molecule has 0 aliphatic heterocycles. The second-order valence-corrected chi connectivity index (χ2v) is 13.8. The molecule has 0 bridgehead atoms. The first-order valence-corrected chi connectivity index (χ1v) is 16.8. The molecule has 218 valence electrons. The molecule has 12 heteroatoms. The molecule has 0 fully saturated rings. The van der Waals surface area contributed by atoms with E-state index >= 15 is 0 Å².